The normalized spacial score (nSPS) is 15.2. The summed E-state index contributed by atoms with van der Waals surface area (Å²) in [6.07, 6.45) is 3.72. The second-order valence-electron chi connectivity index (χ2n) is 5.87. The number of carbonyl (C=O) groups is 1. The van der Waals surface area contributed by atoms with Crippen LogP contribution in [0.1, 0.15) is 33.6 Å². The van der Waals surface area contributed by atoms with E-state index in [-0.39, 0.29) is 6.09 Å². The van der Waals surface area contributed by atoms with Crippen LogP contribution in [0.4, 0.5) is 10.6 Å². The standard InChI is InChI=1S/C14H19BrN2O2/c1-14(2,3)19-13(18)17(9-10-4-5-10)12-7-6-11(15)8-16-12/h6-8,10H,4-5,9H2,1-3H3. The van der Waals surface area contributed by atoms with Gasteiger partial charge in [-0.15, -0.1) is 0 Å². The number of hydrogen-bond acceptors (Lipinski definition) is 3. The quantitative estimate of drug-likeness (QED) is 0.843. The first-order chi connectivity index (χ1) is 8.85. The maximum atomic E-state index is 12.3. The molecule has 19 heavy (non-hydrogen) atoms. The lowest BCUT2D eigenvalue weighted by Crippen LogP contribution is -2.38. The molecule has 1 heterocycles. The van der Waals surface area contributed by atoms with Crippen LogP contribution in [0, 0.1) is 5.92 Å². The van der Waals surface area contributed by atoms with Gasteiger partial charge in [-0.1, -0.05) is 0 Å². The predicted molar refractivity (Wildman–Crippen MR) is 78.2 cm³/mol. The van der Waals surface area contributed by atoms with Crippen LogP contribution in [0.15, 0.2) is 22.8 Å². The molecule has 0 unspecified atom stereocenters. The number of pyridine rings is 1. The SMILES string of the molecule is CC(C)(C)OC(=O)N(CC1CC1)c1ccc(Br)cn1. The highest BCUT2D eigenvalue weighted by atomic mass is 79.9. The summed E-state index contributed by atoms with van der Waals surface area (Å²) in [6, 6.07) is 3.71. The number of rotatable bonds is 3. The molecular formula is C14H19BrN2O2. The molecule has 0 spiro atoms. The summed E-state index contributed by atoms with van der Waals surface area (Å²) in [7, 11) is 0. The van der Waals surface area contributed by atoms with Crippen molar-refractivity contribution < 1.29 is 9.53 Å². The second-order valence-corrected chi connectivity index (χ2v) is 6.78. The predicted octanol–water partition coefficient (Wildman–Crippen LogP) is 4.00. The Hall–Kier alpha value is -1.10. The highest BCUT2D eigenvalue weighted by Crippen LogP contribution is 2.31. The summed E-state index contributed by atoms with van der Waals surface area (Å²) in [5.74, 6) is 1.22. The maximum absolute atomic E-state index is 12.3. The van der Waals surface area contributed by atoms with Crippen LogP contribution in [0.3, 0.4) is 0 Å². The van der Waals surface area contributed by atoms with Crippen molar-refractivity contribution >= 4 is 27.8 Å². The van der Waals surface area contributed by atoms with Crippen molar-refractivity contribution in [2.75, 3.05) is 11.4 Å². The third-order valence-electron chi connectivity index (χ3n) is 2.74. The van der Waals surface area contributed by atoms with Crippen molar-refractivity contribution in [3.8, 4) is 0 Å². The Morgan fingerprint density at radius 3 is 2.63 bits per heavy atom. The van der Waals surface area contributed by atoms with Crippen molar-refractivity contribution in [2.45, 2.75) is 39.2 Å². The van der Waals surface area contributed by atoms with E-state index < -0.39 is 5.60 Å². The monoisotopic (exact) mass is 326 g/mol. The first kappa shape index (κ1) is 14.3. The summed E-state index contributed by atoms with van der Waals surface area (Å²) < 4.78 is 6.34. The molecule has 1 saturated carbocycles. The van der Waals surface area contributed by atoms with Gasteiger partial charge in [0, 0.05) is 17.2 Å². The smallest absolute Gasteiger partial charge is 0.416 e. The molecule has 1 amide bonds. The first-order valence-corrected chi connectivity index (χ1v) is 7.26. The lowest BCUT2D eigenvalue weighted by Gasteiger charge is -2.26. The third-order valence-corrected chi connectivity index (χ3v) is 3.21. The molecule has 104 valence electrons. The van der Waals surface area contributed by atoms with E-state index >= 15 is 0 Å². The lowest BCUT2D eigenvalue weighted by atomic mass is 10.2. The Morgan fingerprint density at radius 2 is 2.16 bits per heavy atom. The number of ether oxygens (including phenoxy) is 1. The van der Waals surface area contributed by atoms with Crippen molar-refractivity contribution in [2.24, 2.45) is 5.92 Å². The van der Waals surface area contributed by atoms with Crippen LogP contribution in [-0.2, 0) is 4.74 Å². The van der Waals surface area contributed by atoms with Crippen LogP contribution in [0.25, 0.3) is 0 Å². The Kier molecular flexibility index (Phi) is 4.13. The van der Waals surface area contributed by atoms with E-state index in [1.165, 1.54) is 12.8 Å². The highest BCUT2D eigenvalue weighted by molar-refractivity contribution is 9.10. The Morgan fingerprint density at radius 1 is 1.47 bits per heavy atom. The number of halogens is 1. The molecule has 4 nitrogen and oxygen atoms in total. The summed E-state index contributed by atoms with van der Waals surface area (Å²) in [5.41, 5.74) is -0.492. The number of anilines is 1. The van der Waals surface area contributed by atoms with E-state index in [0.717, 1.165) is 4.47 Å². The zero-order chi connectivity index (χ0) is 14.0. The average molecular weight is 327 g/mol. The number of amides is 1. The van der Waals surface area contributed by atoms with Gasteiger partial charge in [-0.25, -0.2) is 9.78 Å². The van der Waals surface area contributed by atoms with Crippen molar-refractivity contribution in [3.63, 3.8) is 0 Å². The zero-order valence-electron chi connectivity index (χ0n) is 11.5. The molecule has 0 bridgehead atoms. The minimum absolute atomic E-state index is 0.325. The molecule has 1 aliphatic carbocycles. The maximum Gasteiger partial charge on any atom is 0.416 e. The van der Waals surface area contributed by atoms with Crippen molar-refractivity contribution in [3.05, 3.63) is 22.8 Å². The van der Waals surface area contributed by atoms with E-state index in [1.54, 1.807) is 11.1 Å². The van der Waals surface area contributed by atoms with Gasteiger partial charge >= 0.3 is 6.09 Å². The van der Waals surface area contributed by atoms with Gasteiger partial charge in [-0.05, 0) is 67.6 Å². The fourth-order valence-corrected chi connectivity index (χ4v) is 1.90. The van der Waals surface area contributed by atoms with Gasteiger partial charge < -0.3 is 4.74 Å². The molecule has 0 radical (unpaired) electrons. The summed E-state index contributed by atoms with van der Waals surface area (Å²) >= 11 is 3.35. The van der Waals surface area contributed by atoms with Gasteiger partial charge in [0.25, 0.3) is 0 Å². The molecule has 0 atom stereocenters. The molecule has 1 aromatic heterocycles. The Balaban J connectivity index is 2.14. The van der Waals surface area contributed by atoms with Crippen molar-refractivity contribution in [1.82, 2.24) is 4.98 Å². The molecule has 1 aliphatic rings. The van der Waals surface area contributed by atoms with Gasteiger partial charge in [-0.3, -0.25) is 4.90 Å². The summed E-state index contributed by atoms with van der Waals surface area (Å²) in [6.45, 7) is 6.29. The fraction of sp³-hybridized carbons (Fsp3) is 0.571. The van der Waals surface area contributed by atoms with Crippen LogP contribution < -0.4 is 4.90 Å². The van der Waals surface area contributed by atoms with Gasteiger partial charge in [0.1, 0.15) is 11.4 Å². The van der Waals surface area contributed by atoms with Crippen LogP contribution in [0.2, 0.25) is 0 Å². The first-order valence-electron chi connectivity index (χ1n) is 6.47. The number of nitrogens with zero attached hydrogens (tertiary/aromatic N) is 2. The average Bonchev–Trinajstić information content (AvgIpc) is 3.08. The van der Waals surface area contributed by atoms with E-state index in [0.29, 0.717) is 18.3 Å². The van der Waals surface area contributed by atoms with Crippen LogP contribution >= 0.6 is 15.9 Å². The molecule has 0 aliphatic heterocycles. The van der Waals surface area contributed by atoms with Gasteiger partial charge in [0.2, 0.25) is 0 Å². The summed E-state index contributed by atoms with van der Waals surface area (Å²) in [4.78, 5) is 18.2. The fourth-order valence-electron chi connectivity index (χ4n) is 1.66. The number of hydrogen-bond donors (Lipinski definition) is 0. The molecule has 0 saturated heterocycles. The van der Waals surface area contributed by atoms with E-state index in [1.807, 2.05) is 32.9 Å². The van der Waals surface area contributed by atoms with Gasteiger partial charge in [-0.2, -0.15) is 0 Å². The second kappa shape index (κ2) is 5.49. The Labute approximate surface area is 122 Å². The van der Waals surface area contributed by atoms with Crippen LogP contribution in [-0.4, -0.2) is 23.2 Å². The molecule has 0 N–H and O–H groups in total. The van der Waals surface area contributed by atoms with Crippen molar-refractivity contribution in [1.29, 1.82) is 0 Å². The van der Waals surface area contributed by atoms with Crippen LogP contribution in [0.5, 0.6) is 0 Å². The number of aromatic nitrogens is 1. The highest BCUT2D eigenvalue weighted by Gasteiger charge is 2.31. The van der Waals surface area contributed by atoms with Gasteiger partial charge in [0.05, 0.1) is 0 Å². The van der Waals surface area contributed by atoms with E-state index in [2.05, 4.69) is 20.9 Å². The van der Waals surface area contributed by atoms with Gasteiger partial charge in [0.15, 0.2) is 0 Å². The van der Waals surface area contributed by atoms with E-state index in [4.69, 9.17) is 4.74 Å². The topological polar surface area (TPSA) is 42.4 Å². The molecule has 1 fully saturated rings. The molecule has 0 aromatic carbocycles. The lowest BCUT2D eigenvalue weighted by molar-refractivity contribution is 0.0577. The molecule has 5 heteroatoms. The number of carbonyl (C=O) groups excluding carboxylic acids is 1. The molecular weight excluding hydrogens is 308 g/mol. The Bertz CT molecular complexity index is 450. The molecule has 2 rings (SSSR count). The summed E-state index contributed by atoms with van der Waals surface area (Å²) in [5, 5.41) is 0. The van der Waals surface area contributed by atoms with E-state index in [9.17, 15) is 4.79 Å². The third kappa shape index (κ3) is 4.49. The minimum Gasteiger partial charge on any atom is -0.443 e. The zero-order valence-corrected chi connectivity index (χ0v) is 13.1. The minimum atomic E-state index is -0.492. The largest absolute Gasteiger partial charge is 0.443 e. The molecule has 1 aromatic rings.